The van der Waals surface area contributed by atoms with E-state index in [1.165, 1.54) is 6.07 Å². The summed E-state index contributed by atoms with van der Waals surface area (Å²) >= 11 is 1.81. The van der Waals surface area contributed by atoms with Gasteiger partial charge >= 0.3 is 0 Å². The van der Waals surface area contributed by atoms with Gasteiger partial charge in [-0.3, -0.25) is 4.79 Å². The first-order valence-corrected chi connectivity index (χ1v) is 3.82. The van der Waals surface area contributed by atoms with Crippen LogP contribution in [-0.2, 0) is 0 Å². The SMILES string of the molecule is O=Cc1cc(I)cc(F)c1F. The number of hydrogen-bond donors (Lipinski definition) is 0. The summed E-state index contributed by atoms with van der Waals surface area (Å²) in [5, 5.41) is 0. The van der Waals surface area contributed by atoms with Crippen molar-refractivity contribution in [3.05, 3.63) is 32.9 Å². The maximum atomic E-state index is 12.6. The largest absolute Gasteiger partial charge is 0.298 e. The summed E-state index contributed by atoms with van der Waals surface area (Å²) in [6, 6.07) is 2.31. The van der Waals surface area contributed by atoms with E-state index < -0.39 is 11.6 Å². The van der Waals surface area contributed by atoms with Gasteiger partial charge in [0.1, 0.15) is 0 Å². The summed E-state index contributed by atoms with van der Waals surface area (Å²) in [5.74, 6) is -2.07. The number of carbonyl (C=O) groups is 1. The van der Waals surface area contributed by atoms with Crippen LogP contribution in [-0.4, -0.2) is 6.29 Å². The van der Waals surface area contributed by atoms with Gasteiger partial charge in [0.05, 0.1) is 5.56 Å². The Kier molecular flexibility index (Phi) is 2.53. The van der Waals surface area contributed by atoms with Gasteiger partial charge in [0.2, 0.25) is 0 Å². The molecule has 0 spiro atoms. The lowest BCUT2D eigenvalue weighted by atomic mass is 10.2. The normalized spacial score (nSPS) is 9.73. The Morgan fingerprint density at radius 3 is 2.55 bits per heavy atom. The van der Waals surface area contributed by atoms with Crippen molar-refractivity contribution in [2.24, 2.45) is 0 Å². The van der Waals surface area contributed by atoms with Gasteiger partial charge in [-0.1, -0.05) is 0 Å². The summed E-state index contributed by atoms with van der Waals surface area (Å²) in [5.41, 5.74) is -0.241. The molecule has 1 nitrogen and oxygen atoms in total. The highest BCUT2D eigenvalue weighted by molar-refractivity contribution is 14.1. The summed E-state index contributed by atoms with van der Waals surface area (Å²) in [4.78, 5) is 10.1. The highest BCUT2D eigenvalue weighted by Gasteiger charge is 2.07. The fourth-order valence-electron chi connectivity index (χ4n) is 0.662. The van der Waals surface area contributed by atoms with E-state index in [2.05, 4.69) is 0 Å². The fraction of sp³-hybridized carbons (Fsp3) is 0. The van der Waals surface area contributed by atoms with Crippen LogP contribution in [0.3, 0.4) is 0 Å². The Balaban J connectivity index is 3.35. The average molecular weight is 268 g/mol. The van der Waals surface area contributed by atoms with E-state index in [4.69, 9.17) is 0 Å². The smallest absolute Gasteiger partial charge is 0.169 e. The van der Waals surface area contributed by atoms with E-state index >= 15 is 0 Å². The van der Waals surface area contributed by atoms with Gasteiger partial charge < -0.3 is 0 Å². The Hall–Kier alpha value is -0.520. The molecule has 11 heavy (non-hydrogen) atoms. The van der Waals surface area contributed by atoms with Crippen molar-refractivity contribution in [3.8, 4) is 0 Å². The van der Waals surface area contributed by atoms with Crippen molar-refractivity contribution in [1.29, 1.82) is 0 Å². The van der Waals surface area contributed by atoms with E-state index in [9.17, 15) is 13.6 Å². The molecule has 4 heteroatoms. The highest BCUT2D eigenvalue weighted by Crippen LogP contribution is 2.14. The van der Waals surface area contributed by atoms with Crippen LogP contribution in [0.4, 0.5) is 8.78 Å². The summed E-state index contributed by atoms with van der Waals surface area (Å²) in [7, 11) is 0. The Labute approximate surface area is 75.6 Å². The van der Waals surface area contributed by atoms with Crippen LogP contribution in [0.2, 0.25) is 0 Å². The van der Waals surface area contributed by atoms with E-state index in [0.29, 0.717) is 9.86 Å². The molecule has 1 aromatic rings. The molecule has 0 saturated heterocycles. The second kappa shape index (κ2) is 3.25. The fourth-order valence-corrected chi connectivity index (χ4v) is 1.27. The molecule has 0 amide bonds. The molecular formula is C7H3F2IO. The van der Waals surface area contributed by atoms with Crippen LogP contribution < -0.4 is 0 Å². The first-order valence-electron chi connectivity index (χ1n) is 2.75. The third-order valence-corrected chi connectivity index (χ3v) is 1.77. The molecule has 0 heterocycles. The van der Waals surface area contributed by atoms with Gasteiger partial charge in [-0.05, 0) is 34.7 Å². The average Bonchev–Trinajstić information content (AvgIpc) is 1.96. The third kappa shape index (κ3) is 1.74. The number of benzene rings is 1. The van der Waals surface area contributed by atoms with Crippen LogP contribution in [0.5, 0.6) is 0 Å². The van der Waals surface area contributed by atoms with Crippen molar-refractivity contribution in [2.75, 3.05) is 0 Å². The van der Waals surface area contributed by atoms with Crippen molar-refractivity contribution in [2.45, 2.75) is 0 Å². The Bertz CT molecular complexity index is 299. The second-order valence-electron chi connectivity index (χ2n) is 1.91. The molecule has 0 N–H and O–H groups in total. The first-order chi connectivity index (χ1) is 5.15. The van der Waals surface area contributed by atoms with Crippen molar-refractivity contribution in [3.63, 3.8) is 0 Å². The quantitative estimate of drug-likeness (QED) is 0.434. The molecule has 0 aliphatic carbocycles. The number of hydrogen-bond acceptors (Lipinski definition) is 1. The third-order valence-electron chi connectivity index (χ3n) is 1.15. The monoisotopic (exact) mass is 268 g/mol. The van der Waals surface area contributed by atoms with Crippen LogP contribution in [0.15, 0.2) is 12.1 Å². The zero-order chi connectivity index (χ0) is 8.43. The van der Waals surface area contributed by atoms with Crippen LogP contribution in [0.25, 0.3) is 0 Å². The molecular weight excluding hydrogens is 265 g/mol. The molecule has 0 aliphatic heterocycles. The summed E-state index contributed by atoms with van der Waals surface area (Å²) in [6.07, 6.45) is 0.292. The molecule has 1 aromatic carbocycles. The maximum absolute atomic E-state index is 12.6. The van der Waals surface area contributed by atoms with Gasteiger partial charge in [-0.15, -0.1) is 0 Å². The number of aldehydes is 1. The van der Waals surface area contributed by atoms with E-state index in [1.807, 2.05) is 0 Å². The summed E-state index contributed by atoms with van der Waals surface area (Å²) < 4.78 is 25.6. The van der Waals surface area contributed by atoms with Gasteiger partial charge in [0.25, 0.3) is 0 Å². The van der Waals surface area contributed by atoms with Crippen molar-refractivity contribution in [1.82, 2.24) is 0 Å². The van der Waals surface area contributed by atoms with Gasteiger partial charge in [0.15, 0.2) is 17.9 Å². The highest BCUT2D eigenvalue weighted by atomic mass is 127. The zero-order valence-electron chi connectivity index (χ0n) is 5.27. The number of rotatable bonds is 1. The maximum Gasteiger partial charge on any atom is 0.169 e. The molecule has 0 radical (unpaired) electrons. The molecule has 58 valence electrons. The van der Waals surface area contributed by atoms with Gasteiger partial charge in [0, 0.05) is 3.57 Å². The van der Waals surface area contributed by atoms with Crippen LogP contribution in [0.1, 0.15) is 10.4 Å². The first kappa shape index (κ1) is 8.58. The van der Waals surface area contributed by atoms with Crippen molar-refractivity contribution >= 4 is 28.9 Å². The number of carbonyl (C=O) groups excluding carboxylic acids is 1. The molecule has 0 bridgehead atoms. The van der Waals surface area contributed by atoms with E-state index in [-0.39, 0.29) is 5.56 Å². The molecule has 0 aliphatic rings. The van der Waals surface area contributed by atoms with E-state index in [1.54, 1.807) is 22.6 Å². The van der Waals surface area contributed by atoms with Gasteiger partial charge in [-0.25, -0.2) is 8.78 Å². The van der Waals surface area contributed by atoms with Crippen LogP contribution in [0, 0.1) is 15.2 Å². The lowest BCUT2D eigenvalue weighted by Crippen LogP contribution is -1.93. The second-order valence-corrected chi connectivity index (χ2v) is 3.15. The van der Waals surface area contributed by atoms with Gasteiger partial charge in [-0.2, -0.15) is 0 Å². The molecule has 0 unspecified atom stereocenters. The van der Waals surface area contributed by atoms with E-state index in [0.717, 1.165) is 6.07 Å². The molecule has 1 rings (SSSR count). The standard InChI is InChI=1S/C7H3F2IO/c8-6-2-5(10)1-4(3-11)7(6)9/h1-3H. The Morgan fingerprint density at radius 2 is 2.00 bits per heavy atom. The lowest BCUT2D eigenvalue weighted by molar-refractivity contribution is 0.111. The lowest BCUT2D eigenvalue weighted by Gasteiger charge is -1.96. The molecule has 0 saturated carbocycles. The summed E-state index contributed by atoms with van der Waals surface area (Å²) in [6.45, 7) is 0. The van der Waals surface area contributed by atoms with Crippen molar-refractivity contribution < 1.29 is 13.6 Å². The molecule has 0 fully saturated rings. The minimum atomic E-state index is -1.08. The zero-order valence-corrected chi connectivity index (χ0v) is 7.43. The van der Waals surface area contributed by atoms with Crippen LogP contribution >= 0.6 is 22.6 Å². The predicted molar refractivity (Wildman–Crippen MR) is 44.5 cm³/mol. The Morgan fingerprint density at radius 1 is 1.36 bits per heavy atom. The topological polar surface area (TPSA) is 17.1 Å². The predicted octanol–water partition coefficient (Wildman–Crippen LogP) is 2.38. The minimum Gasteiger partial charge on any atom is -0.298 e. The number of halogens is 3. The molecule has 0 aromatic heterocycles. The molecule has 0 atom stereocenters. The minimum absolute atomic E-state index is 0.241.